The van der Waals surface area contributed by atoms with E-state index in [0.29, 0.717) is 0 Å². The number of nitriles is 1. The average molecular weight is 103 g/mol. The van der Waals surface area contributed by atoms with Crippen molar-refractivity contribution in [2.75, 3.05) is 0 Å². The van der Waals surface area contributed by atoms with E-state index in [4.69, 9.17) is 11.7 Å². The summed E-state index contributed by atoms with van der Waals surface area (Å²) in [6.07, 6.45) is 10.9. The van der Waals surface area contributed by atoms with Crippen LogP contribution in [0, 0.1) is 23.7 Å². The third-order valence-electron chi connectivity index (χ3n) is 0.474. The Kier molecular flexibility index (Phi) is 4.51. The lowest BCUT2D eigenvalue weighted by Crippen LogP contribution is -1.46. The summed E-state index contributed by atoms with van der Waals surface area (Å²) in [5, 5.41) is 7.94. The molecule has 0 amide bonds. The molecule has 0 bridgehead atoms. The summed E-state index contributed by atoms with van der Waals surface area (Å²) in [4.78, 5) is 0. The summed E-state index contributed by atoms with van der Waals surface area (Å²) >= 11 is 0. The van der Waals surface area contributed by atoms with Gasteiger partial charge in [0.15, 0.2) is 0 Å². The van der Waals surface area contributed by atoms with E-state index in [2.05, 4.69) is 5.92 Å². The number of allylic oxidation sites excluding steroid dienone is 4. The first-order valence-electron chi connectivity index (χ1n) is 2.09. The van der Waals surface area contributed by atoms with Gasteiger partial charge in [-0.1, -0.05) is 18.1 Å². The molecule has 0 aromatic rings. The van der Waals surface area contributed by atoms with Crippen LogP contribution in [-0.4, -0.2) is 0 Å². The molecule has 0 aromatic heterocycles. The zero-order valence-corrected chi connectivity index (χ0v) is 4.33. The summed E-state index contributed by atoms with van der Waals surface area (Å²) < 4.78 is 0. The van der Waals surface area contributed by atoms with Crippen molar-refractivity contribution < 1.29 is 0 Å². The summed E-state index contributed by atoms with van der Waals surface area (Å²) in [6.45, 7) is 0. The van der Waals surface area contributed by atoms with Crippen molar-refractivity contribution in [1.29, 1.82) is 5.26 Å². The summed E-state index contributed by atoms with van der Waals surface area (Å²) in [6, 6.07) is 1.83. The van der Waals surface area contributed by atoms with Crippen LogP contribution < -0.4 is 0 Å². The quantitative estimate of drug-likeness (QED) is 0.278. The van der Waals surface area contributed by atoms with E-state index in [0.717, 1.165) is 0 Å². The van der Waals surface area contributed by atoms with Crippen molar-refractivity contribution in [1.82, 2.24) is 0 Å². The third kappa shape index (κ3) is 4.53. The summed E-state index contributed by atoms with van der Waals surface area (Å²) in [7, 11) is 0. The van der Waals surface area contributed by atoms with Gasteiger partial charge < -0.3 is 0 Å². The van der Waals surface area contributed by atoms with E-state index in [9.17, 15) is 0 Å². The lowest BCUT2D eigenvalue weighted by atomic mass is 10.4. The SMILES string of the molecule is C#C/C=C/C=C/C#N. The number of hydrogen-bond acceptors (Lipinski definition) is 1. The number of terminal acetylenes is 1. The Labute approximate surface area is 48.9 Å². The van der Waals surface area contributed by atoms with Gasteiger partial charge in [0.1, 0.15) is 0 Å². The Bertz CT molecular complexity index is 152. The van der Waals surface area contributed by atoms with E-state index in [1.54, 1.807) is 12.2 Å². The first-order valence-corrected chi connectivity index (χ1v) is 2.09. The van der Waals surface area contributed by atoms with Gasteiger partial charge in [-0.2, -0.15) is 5.26 Å². The summed E-state index contributed by atoms with van der Waals surface area (Å²) in [5.74, 6) is 2.29. The summed E-state index contributed by atoms with van der Waals surface area (Å²) in [5.41, 5.74) is 0. The highest BCUT2D eigenvalue weighted by Gasteiger charge is 1.56. The maximum absolute atomic E-state index is 7.94. The van der Waals surface area contributed by atoms with E-state index in [-0.39, 0.29) is 0 Å². The van der Waals surface area contributed by atoms with E-state index in [1.807, 2.05) is 6.07 Å². The first kappa shape index (κ1) is 6.53. The Hall–Kier alpha value is -1.47. The fourth-order valence-electron chi connectivity index (χ4n) is 0.210. The lowest BCUT2D eigenvalue weighted by Gasteiger charge is -1.61. The Morgan fingerprint density at radius 3 is 2.38 bits per heavy atom. The molecule has 0 N–H and O–H groups in total. The second-order valence-electron chi connectivity index (χ2n) is 1.01. The van der Waals surface area contributed by atoms with Crippen LogP contribution >= 0.6 is 0 Å². The van der Waals surface area contributed by atoms with Crippen molar-refractivity contribution in [3.63, 3.8) is 0 Å². The van der Waals surface area contributed by atoms with Crippen LogP contribution in [0.3, 0.4) is 0 Å². The van der Waals surface area contributed by atoms with Crippen molar-refractivity contribution in [2.45, 2.75) is 0 Å². The van der Waals surface area contributed by atoms with Gasteiger partial charge in [-0.05, 0) is 6.08 Å². The fourth-order valence-corrected chi connectivity index (χ4v) is 0.210. The molecule has 1 heteroatoms. The van der Waals surface area contributed by atoms with E-state index >= 15 is 0 Å². The standard InChI is InChI=1S/C7H5N/c1-2-3-4-5-6-7-8/h1,3-6H/b4-3+,6-5+. The molecule has 0 aliphatic carbocycles. The molecule has 0 fully saturated rings. The van der Waals surface area contributed by atoms with Gasteiger partial charge in [-0.25, -0.2) is 0 Å². The van der Waals surface area contributed by atoms with Crippen LogP contribution in [-0.2, 0) is 0 Å². The van der Waals surface area contributed by atoms with Gasteiger partial charge >= 0.3 is 0 Å². The molecule has 0 aliphatic heterocycles. The van der Waals surface area contributed by atoms with E-state index in [1.165, 1.54) is 12.2 Å². The molecule has 8 heavy (non-hydrogen) atoms. The first-order chi connectivity index (χ1) is 3.91. The Morgan fingerprint density at radius 1 is 1.25 bits per heavy atom. The molecule has 0 radical (unpaired) electrons. The number of rotatable bonds is 1. The van der Waals surface area contributed by atoms with Crippen molar-refractivity contribution in [3.8, 4) is 18.4 Å². The average Bonchev–Trinajstić information content (AvgIpc) is 1.81. The molecule has 0 heterocycles. The topological polar surface area (TPSA) is 23.8 Å². The predicted molar refractivity (Wildman–Crippen MR) is 32.7 cm³/mol. The smallest absolute Gasteiger partial charge is 0.0912 e. The fraction of sp³-hybridized carbons (Fsp3) is 0. The monoisotopic (exact) mass is 103 g/mol. The highest BCUT2D eigenvalue weighted by molar-refractivity contribution is 5.18. The van der Waals surface area contributed by atoms with Crippen LogP contribution in [0.2, 0.25) is 0 Å². The number of hydrogen-bond donors (Lipinski definition) is 0. The highest BCUT2D eigenvalue weighted by atomic mass is 14.2. The normalized spacial score (nSPS) is 9.25. The highest BCUT2D eigenvalue weighted by Crippen LogP contribution is 1.72. The molecule has 0 aromatic carbocycles. The molecular weight excluding hydrogens is 98.1 g/mol. The Morgan fingerprint density at radius 2 is 1.88 bits per heavy atom. The molecule has 0 atom stereocenters. The van der Waals surface area contributed by atoms with Crippen molar-refractivity contribution in [2.24, 2.45) is 0 Å². The zero-order chi connectivity index (χ0) is 6.24. The third-order valence-corrected chi connectivity index (χ3v) is 0.474. The van der Waals surface area contributed by atoms with Crippen molar-refractivity contribution in [3.05, 3.63) is 24.3 Å². The molecule has 0 spiro atoms. The zero-order valence-electron chi connectivity index (χ0n) is 4.33. The van der Waals surface area contributed by atoms with Crippen LogP contribution in [0.4, 0.5) is 0 Å². The van der Waals surface area contributed by atoms with Gasteiger partial charge in [0.25, 0.3) is 0 Å². The molecular formula is C7H5N. The Balaban J connectivity index is 3.51. The predicted octanol–water partition coefficient (Wildman–Crippen LogP) is 1.26. The van der Waals surface area contributed by atoms with Gasteiger partial charge in [-0.15, -0.1) is 6.42 Å². The molecule has 0 aliphatic rings. The van der Waals surface area contributed by atoms with Gasteiger partial charge in [0.2, 0.25) is 0 Å². The van der Waals surface area contributed by atoms with Gasteiger partial charge in [0.05, 0.1) is 6.07 Å². The van der Waals surface area contributed by atoms with Gasteiger partial charge in [0, 0.05) is 6.08 Å². The number of nitrogens with zero attached hydrogens (tertiary/aromatic N) is 1. The minimum atomic E-state index is 1.36. The van der Waals surface area contributed by atoms with Crippen LogP contribution in [0.1, 0.15) is 0 Å². The molecule has 0 unspecified atom stereocenters. The van der Waals surface area contributed by atoms with Gasteiger partial charge in [-0.3, -0.25) is 0 Å². The molecule has 38 valence electrons. The second-order valence-corrected chi connectivity index (χ2v) is 1.01. The molecule has 1 nitrogen and oxygen atoms in total. The maximum Gasteiger partial charge on any atom is 0.0912 e. The van der Waals surface area contributed by atoms with E-state index < -0.39 is 0 Å². The van der Waals surface area contributed by atoms with Crippen LogP contribution in [0.25, 0.3) is 0 Å². The lowest BCUT2D eigenvalue weighted by molar-refractivity contribution is 1.53. The maximum atomic E-state index is 7.94. The van der Waals surface area contributed by atoms with Crippen LogP contribution in [0.15, 0.2) is 24.3 Å². The molecule has 0 saturated heterocycles. The second kappa shape index (κ2) is 5.53. The minimum Gasteiger partial charge on any atom is -0.193 e. The minimum absolute atomic E-state index is 1.36. The van der Waals surface area contributed by atoms with Crippen LogP contribution in [0.5, 0.6) is 0 Å². The largest absolute Gasteiger partial charge is 0.193 e. The molecule has 0 saturated carbocycles. The van der Waals surface area contributed by atoms with Crippen molar-refractivity contribution >= 4 is 0 Å². The molecule has 0 rings (SSSR count).